The Morgan fingerprint density at radius 2 is 1.35 bits per heavy atom. The van der Waals surface area contributed by atoms with Crippen LogP contribution in [0.4, 0.5) is 5.69 Å². The van der Waals surface area contributed by atoms with Crippen molar-refractivity contribution in [1.82, 2.24) is 0 Å². The minimum Gasteiger partial charge on any atom is -0.400 e. The number of para-hydroxylation sites is 1. The molecule has 0 aliphatic heterocycles. The summed E-state index contributed by atoms with van der Waals surface area (Å²) in [5.74, 6) is 0. The number of aliphatic hydroxyl groups is 3. The van der Waals surface area contributed by atoms with Crippen molar-refractivity contribution in [1.29, 1.82) is 0 Å². The van der Waals surface area contributed by atoms with Crippen molar-refractivity contribution in [3.8, 4) is 0 Å². The number of rotatable bonds is 3. The van der Waals surface area contributed by atoms with Crippen LogP contribution in [0.2, 0.25) is 0 Å². The van der Waals surface area contributed by atoms with Gasteiger partial charge < -0.3 is 27.6 Å². The molecule has 0 aliphatic rings. The van der Waals surface area contributed by atoms with E-state index in [4.69, 9.17) is 15.3 Å². The zero-order chi connectivity index (χ0) is 13.2. The van der Waals surface area contributed by atoms with Crippen molar-refractivity contribution >= 4 is 5.69 Å². The minimum absolute atomic E-state index is 0. The molecule has 0 unspecified atom stereocenters. The molecule has 0 amide bonds. The van der Waals surface area contributed by atoms with Gasteiger partial charge in [-0.3, -0.25) is 0 Å². The maximum Gasteiger partial charge on any atom is 0.0339 e. The van der Waals surface area contributed by atoms with E-state index in [9.17, 15) is 0 Å². The second-order valence-electron chi connectivity index (χ2n) is 2.15. The molecule has 0 spiro atoms. The Morgan fingerprint density at radius 3 is 1.71 bits per heavy atom. The van der Waals surface area contributed by atoms with Gasteiger partial charge in [0.1, 0.15) is 0 Å². The van der Waals surface area contributed by atoms with Crippen molar-refractivity contribution < 1.29 is 37.0 Å². The monoisotopic (exact) mass is 278 g/mol. The molecule has 4 nitrogen and oxygen atoms in total. The maximum atomic E-state index is 7.00. The van der Waals surface area contributed by atoms with Gasteiger partial charge in [0.05, 0.1) is 0 Å². The maximum absolute atomic E-state index is 7.00. The van der Waals surface area contributed by atoms with Gasteiger partial charge in [0.15, 0.2) is 0 Å². The molecule has 0 bridgehead atoms. The summed E-state index contributed by atoms with van der Waals surface area (Å²) in [5, 5.41) is 24.2. The fourth-order valence-electron chi connectivity index (χ4n) is 0.789. The molecule has 0 radical (unpaired) electrons. The molecule has 0 saturated heterocycles. The molecular formula is C12H24NO3Ti-. The van der Waals surface area contributed by atoms with Crippen molar-refractivity contribution in [2.75, 3.05) is 33.2 Å². The molecule has 5 heteroatoms. The van der Waals surface area contributed by atoms with Gasteiger partial charge in [-0.1, -0.05) is 18.2 Å². The van der Waals surface area contributed by atoms with E-state index in [-0.39, 0.29) is 21.7 Å². The van der Waals surface area contributed by atoms with Gasteiger partial charge in [-0.25, -0.2) is 0 Å². The molecule has 4 N–H and O–H groups in total. The van der Waals surface area contributed by atoms with Crippen molar-refractivity contribution in [3.05, 3.63) is 37.3 Å². The Labute approximate surface area is 120 Å². The fraction of sp³-hybridized carbons (Fsp3) is 0.417. The Kier molecular flexibility index (Phi) is 44.3. The molecule has 0 atom stereocenters. The molecule has 1 aromatic carbocycles. The van der Waals surface area contributed by atoms with Crippen LogP contribution >= 0.6 is 0 Å². The van der Waals surface area contributed by atoms with E-state index in [0.717, 1.165) is 34.3 Å². The summed E-state index contributed by atoms with van der Waals surface area (Å²) in [5.41, 5.74) is 1.17. The van der Waals surface area contributed by atoms with E-state index in [1.54, 1.807) is 0 Å². The first-order valence-electron chi connectivity index (χ1n) is 4.86. The van der Waals surface area contributed by atoms with Crippen LogP contribution < -0.4 is 5.32 Å². The number of nitrogens with one attached hydrogen (secondary N) is 1. The third-order valence-corrected chi connectivity index (χ3v) is 1.28. The van der Waals surface area contributed by atoms with Gasteiger partial charge in [-0.15, -0.1) is 0 Å². The van der Waals surface area contributed by atoms with Crippen LogP contribution in [0.5, 0.6) is 0 Å². The summed E-state index contributed by atoms with van der Waals surface area (Å²) in [7, 11) is 3.00. The summed E-state index contributed by atoms with van der Waals surface area (Å²) in [6.45, 7) is 4.69. The van der Waals surface area contributed by atoms with Gasteiger partial charge >= 0.3 is 0 Å². The topological polar surface area (TPSA) is 72.7 Å². The number of anilines is 1. The zero-order valence-electron chi connectivity index (χ0n) is 10.8. The second kappa shape index (κ2) is 29.6. The molecule has 0 heterocycles. The van der Waals surface area contributed by atoms with Crippen LogP contribution in [0.3, 0.4) is 0 Å². The average Bonchev–Trinajstić information content (AvgIpc) is 2.44. The van der Waals surface area contributed by atoms with E-state index >= 15 is 0 Å². The SMILES string of the molecule is CO.CO.CO.[CH2-]CCNc1ccccc1.[Ti]. The first-order valence-corrected chi connectivity index (χ1v) is 4.86. The van der Waals surface area contributed by atoms with Crippen LogP contribution in [0, 0.1) is 6.92 Å². The normalized spacial score (nSPS) is 6.53. The quantitative estimate of drug-likeness (QED) is 0.494. The predicted octanol–water partition coefficient (Wildman–Crippen LogP) is 1.15. The van der Waals surface area contributed by atoms with Gasteiger partial charge in [-0.05, 0) is 18.7 Å². The molecule has 0 aliphatic carbocycles. The van der Waals surface area contributed by atoms with Crippen LogP contribution in [-0.4, -0.2) is 43.2 Å². The van der Waals surface area contributed by atoms with Gasteiger partial charge in [0.2, 0.25) is 0 Å². The molecule has 100 valence electrons. The first kappa shape index (κ1) is 25.5. The standard InChI is InChI=1S/C9H12N.3CH4O.Ti/c1-2-8-10-9-6-4-3-5-7-9;3*1-2;/h3-7,10H,1-2,8H2;3*2H,1H3;/q-1;;;;. The predicted molar refractivity (Wildman–Crippen MR) is 69.3 cm³/mol. The molecule has 0 fully saturated rings. The molecule has 0 aromatic heterocycles. The summed E-state index contributed by atoms with van der Waals surface area (Å²) in [4.78, 5) is 0. The fourth-order valence-corrected chi connectivity index (χ4v) is 0.789. The van der Waals surface area contributed by atoms with E-state index < -0.39 is 0 Å². The number of hydrogen-bond donors (Lipinski definition) is 4. The Bertz CT molecular complexity index is 186. The Morgan fingerprint density at radius 1 is 0.941 bits per heavy atom. The summed E-state index contributed by atoms with van der Waals surface area (Å²) in [6.07, 6.45) is 0.925. The van der Waals surface area contributed by atoms with Crippen LogP contribution in [0.15, 0.2) is 30.3 Å². The summed E-state index contributed by atoms with van der Waals surface area (Å²) >= 11 is 0. The van der Waals surface area contributed by atoms with Crippen molar-refractivity contribution in [2.24, 2.45) is 0 Å². The zero-order valence-corrected chi connectivity index (χ0v) is 12.4. The molecule has 1 aromatic rings. The van der Waals surface area contributed by atoms with Crippen molar-refractivity contribution in [3.63, 3.8) is 0 Å². The van der Waals surface area contributed by atoms with E-state index in [2.05, 4.69) is 24.4 Å². The average molecular weight is 278 g/mol. The van der Waals surface area contributed by atoms with E-state index in [0.29, 0.717) is 0 Å². The second-order valence-corrected chi connectivity index (χ2v) is 2.15. The Balaban J connectivity index is -0.000000106. The first-order chi connectivity index (χ1) is 7.93. The van der Waals surface area contributed by atoms with E-state index in [1.807, 2.05) is 18.2 Å². The van der Waals surface area contributed by atoms with E-state index in [1.165, 1.54) is 5.69 Å². The minimum atomic E-state index is 0. The smallest absolute Gasteiger partial charge is 0.0339 e. The summed E-state index contributed by atoms with van der Waals surface area (Å²) < 4.78 is 0. The number of benzene rings is 1. The van der Waals surface area contributed by atoms with Crippen LogP contribution in [0.1, 0.15) is 6.42 Å². The Hall–Kier alpha value is -0.386. The van der Waals surface area contributed by atoms with Gasteiger partial charge in [0, 0.05) is 48.7 Å². The van der Waals surface area contributed by atoms with Crippen LogP contribution in [0.25, 0.3) is 0 Å². The summed E-state index contributed by atoms with van der Waals surface area (Å²) in [6, 6.07) is 10.2. The van der Waals surface area contributed by atoms with Crippen LogP contribution in [-0.2, 0) is 21.7 Å². The third kappa shape index (κ3) is 21.5. The number of hydrogen-bond acceptors (Lipinski definition) is 4. The largest absolute Gasteiger partial charge is 0.400 e. The number of aliphatic hydroxyl groups excluding tert-OH is 3. The molecule has 1 rings (SSSR count). The molecule has 17 heavy (non-hydrogen) atoms. The van der Waals surface area contributed by atoms with Crippen molar-refractivity contribution in [2.45, 2.75) is 6.42 Å². The molecule has 0 saturated carbocycles. The molecular weight excluding hydrogens is 254 g/mol. The van der Waals surface area contributed by atoms with Gasteiger partial charge in [0.25, 0.3) is 0 Å². The van der Waals surface area contributed by atoms with Gasteiger partial charge in [-0.2, -0.15) is 6.42 Å². The third-order valence-electron chi connectivity index (χ3n) is 1.28.